The molecule has 1 atom stereocenters. The summed E-state index contributed by atoms with van der Waals surface area (Å²) in [5.74, 6) is -0.602. The van der Waals surface area contributed by atoms with E-state index in [-0.39, 0.29) is 15.6 Å². The Labute approximate surface area is 185 Å². The second kappa shape index (κ2) is 9.36. The predicted octanol–water partition coefficient (Wildman–Crippen LogP) is 4.71. The summed E-state index contributed by atoms with van der Waals surface area (Å²) >= 11 is 5.92. The summed E-state index contributed by atoms with van der Waals surface area (Å²) in [5.41, 5.74) is 0.706. The Morgan fingerprint density at radius 1 is 1.06 bits per heavy atom. The number of carbonyl (C=O) groups is 1. The minimum absolute atomic E-state index is 0.0764. The van der Waals surface area contributed by atoms with Crippen LogP contribution in [-0.2, 0) is 14.8 Å². The highest BCUT2D eigenvalue weighted by Gasteiger charge is 2.21. The molecule has 0 aliphatic heterocycles. The van der Waals surface area contributed by atoms with Gasteiger partial charge >= 0.3 is 0 Å². The highest BCUT2D eigenvalue weighted by Crippen LogP contribution is 2.26. The third-order valence-electron chi connectivity index (χ3n) is 4.47. The molecule has 0 spiro atoms. The number of nitrogens with zero attached hydrogens (tertiary/aromatic N) is 1. The Morgan fingerprint density at radius 3 is 2.32 bits per heavy atom. The fourth-order valence-corrected chi connectivity index (χ4v) is 4.14. The fourth-order valence-electron chi connectivity index (χ4n) is 2.71. The van der Waals surface area contributed by atoms with E-state index < -0.39 is 27.9 Å². The molecule has 1 N–H and O–H groups in total. The second-order valence-electron chi connectivity index (χ2n) is 6.65. The van der Waals surface area contributed by atoms with Crippen molar-refractivity contribution in [3.8, 4) is 5.75 Å². The lowest BCUT2D eigenvalue weighted by Crippen LogP contribution is -2.30. The zero-order valence-electron chi connectivity index (χ0n) is 16.7. The van der Waals surface area contributed by atoms with Crippen LogP contribution in [0.5, 0.6) is 5.75 Å². The molecule has 1 amide bonds. The van der Waals surface area contributed by atoms with Crippen molar-refractivity contribution in [2.75, 3.05) is 16.7 Å². The van der Waals surface area contributed by atoms with E-state index in [1.54, 1.807) is 49.4 Å². The van der Waals surface area contributed by atoms with Crippen molar-refractivity contribution in [3.63, 3.8) is 0 Å². The lowest BCUT2D eigenvalue weighted by atomic mass is 10.2. The third kappa shape index (κ3) is 5.34. The van der Waals surface area contributed by atoms with E-state index in [9.17, 15) is 17.6 Å². The van der Waals surface area contributed by atoms with Crippen molar-refractivity contribution in [2.24, 2.45) is 0 Å². The van der Waals surface area contributed by atoms with Gasteiger partial charge in [0.05, 0.1) is 21.3 Å². The average Bonchev–Trinajstić information content (AvgIpc) is 2.76. The Hall–Kier alpha value is -3.10. The molecule has 31 heavy (non-hydrogen) atoms. The van der Waals surface area contributed by atoms with Gasteiger partial charge in [-0.2, -0.15) is 0 Å². The van der Waals surface area contributed by atoms with Crippen LogP contribution in [0.2, 0.25) is 5.02 Å². The predicted molar refractivity (Wildman–Crippen MR) is 119 cm³/mol. The van der Waals surface area contributed by atoms with E-state index in [4.69, 9.17) is 16.3 Å². The van der Waals surface area contributed by atoms with Crippen LogP contribution >= 0.6 is 11.6 Å². The number of hydrogen-bond donors (Lipinski definition) is 1. The van der Waals surface area contributed by atoms with Crippen LogP contribution < -0.4 is 14.4 Å². The van der Waals surface area contributed by atoms with Crippen molar-refractivity contribution in [1.29, 1.82) is 0 Å². The van der Waals surface area contributed by atoms with Crippen LogP contribution in [0.3, 0.4) is 0 Å². The Morgan fingerprint density at radius 2 is 1.71 bits per heavy atom. The quantitative estimate of drug-likeness (QED) is 0.551. The molecule has 0 saturated heterocycles. The lowest BCUT2D eigenvalue weighted by molar-refractivity contribution is -0.122. The number of carbonyl (C=O) groups excluding carboxylic acids is 1. The van der Waals surface area contributed by atoms with Crippen LogP contribution in [0.4, 0.5) is 15.8 Å². The Balaban J connectivity index is 1.66. The van der Waals surface area contributed by atoms with Gasteiger partial charge in [-0.25, -0.2) is 12.8 Å². The van der Waals surface area contributed by atoms with Gasteiger partial charge in [-0.15, -0.1) is 0 Å². The SMILES string of the molecule is CC(Oc1ccc(N(C)S(=O)(=O)c2ccccc2)cc1)C(=O)Nc1ccc(F)cc1Cl. The van der Waals surface area contributed by atoms with Gasteiger partial charge in [-0.3, -0.25) is 9.10 Å². The molecule has 1 unspecified atom stereocenters. The topological polar surface area (TPSA) is 75.7 Å². The highest BCUT2D eigenvalue weighted by molar-refractivity contribution is 7.92. The first-order valence-corrected chi connectivity index (χ1v) is 11.1. The minimum Gasteiger partial charge on any atom is -0.481 e. The Kier molecular flexibility index (Phi) is 6.82. The maximum absolute atomic E-state index is 13.1. The van der Waals surface area contributed by atoms with Gasteiger partial charge in [0.15, 0.2) is 6.10 Å². The summed E-state index contributed by atoms with van der Waals surface area (Å²) in [6.07, 6.45) is -0.877. The third-order valence-corrected chi connectivity index (χ3v) is 6.59. The number of hydrogen-bond acceptors (Lipinski definition) is 4. The van der Waals surface area contributed by atoms with Crippen LogP contribution in [0, 0.1) is 5.82 Å². The average molecular weight is 463 g/mol. The molecule has 0 heterocycles. The summed E-state index contributed by atoms with van der Waals surface area (Å²) in [4.78, 5) is 12.5. The maximum Gasteiger partial charge on any atom is 0.265 e. The molecule has 0 radical (unpaired) electrons. The fraction of sp³-hybridized carbons (Fsp3) is 0.136. The van der Waals surface area contributed by atoms with Crippen molar-refractivity contribution in [2.45, 2.75) is 17.9 Å². The van der Waals surface area contributed by atoms with Crippen LogP contribution in [-0.4, -0.2) is 27.5 Å². The number of benzene rings is 3. The molecule has 3 aromatic carbocycles. The molecule has 9 heteroatoms. The van der Waals surface area contributed by atoms with E-state index >= 15 is 0 Å². The van der Waals surface area contributed by atoms with Gasteiger partial charge in [0.2, 0.25) is 0 Å². The molecule has 0 aromatic heterocycles. The Bertz CT molecular complexity index is 1170. The zero-order valence-corrected chi connectivity index (χ0v) is 18.3. The number of nitrogens with one attached hydrogen (secondary N) is 1. The molecule has 0 bridgehead atoms. The summed E-state index contributed by atoms with van der Waals surface area (Å²) in [7, 11) is -2.23. The summed E-state index contributed by atoms with van der Waals surface area (Å²) in [6.45, 7) is 1.55. The van der Waals surface area contributed by atoms with Crippen molar-refractivity contribution < 1.29 is 22.3 Å². The van der Waals surface area contributed by atoms with E-state index in [1.807, 2.05) is 0 Å². The maximum atomic E-state index is 13.1. The molecule has 3 rings (SSSR count). The van der Waals surface area contributed by atoms with E-state index in [2.05, 4.69) is 5.32 Å². The first-order chi connectivity index (χ1) is 14.7. The zero-order chi connectivity index (χ0) is 22.6. The first kappa shape index (κ1) is 22.6. The second-order valence-corrected chi connectivity index (χ2v) is 9.03. The van der Waals surface area contributed by atoms with Crippen LogP contribution in [0.1, 0.15) is 6.92 Å². The van der Waals surface area contributed by atoms with Gasteiger partial charge in [0, 0.05) is 7.05 Å². The largest absolute Gasteiger partial charge is 0.481 e. The number of ether oxygens (including phenoxy) is 1. The molecular formula is C22H20ClFN2O4S. The molecule has 3 aromatic rings. The minimum atomic E-state index is -3.69. The van der Waals surface area contributed by atoms with Gasteiger partial charge in [-0.1, -0.05) is 29.8 Å². The molecule has 0 saturated carbocycles. The standard InChI is InChI=1S/C22H20ClFN2O4S/c1-15(22(27)25-21-13-8-16(24)14-20(21)23)30-18-11-9-17(10-12-18)26(2)31(28,29)19-6-4-3-5-7-19/h3-15H,1-2H3,(H,25,27). The van der Waals surface area contributed by atoms with Crippen molar-refractivity contribution in [3.05, 3.63) is 83.6 Å². The lowest BCUT2D eigenvalue weighted by Gasteiger charge is -2.20. The smallest absolute Gasteiger partial charge is 0.265 e. The molecule has 0 fully saturated rings. The summed E-state index contributed by atoms with van der Waals surface area (Å²) < 4.78 is 45.3. The number of amides is 1. The number of rotatable bonds is 7. The summed E-state index contributed by atoms with van der Waals surface area (Å²) in [6, 6.07) is 18.1. The number of sulfonamides is 1. The molecule has 162 valence electrons. The monoisotopic (exact) mass is 462 g/mol. The molecule has 6 nitrogen and oxygen atoms in total. The van der Waals surface area contributed by atoms with Gasteiger partial charge in [0.1, 0.15) is 11.6 Å². The number of halogens is 2. The molecule has 0 aliphatic carbocycles. The van der Waals surface area contributed by atoms with Crippen LogP contribution in [0.25, 0.3) is 0 Å². The van der Waals surface area contributed by atoms with Crippen molar-refractivity contribution >= 4 is 38.9 Å². The highest BCUT2D eigenvalue weighted by atomic mass is 35.5. The van der Waals surface area contributed by atoms with Crippen LogP contribution in [0.15, 0.2) is 77.7 Å². The van der Waals surface area contributed by atoms with E-state index in [0.29, 0.717) is 11.4 Å². The van der Waals surface area contributed by atoms with Gasteiger partial charge in [0.25, 0.3) is 15.9 Å². The summed E-state index contributed by atoms with van der Waals surface area (Å²) in [5, 5.41) is 2.65. The van der Waals surface area contributed by atoms with E-state index in [1.165, 1.54) is 35.6 Å². The molecular weight excluding hydrogens is 443 g/mol. The van der Waals surface area contributed by atoms with Gasteiger partial charge < -0.3 is 10.1 Å². The molecule has 0 aliphatic rings. The first-order valence-electron chi connectivity index (χ1n) is 9.25. The van der Waals surface area contributed by atoms with Crippen molar-refractivity contribution in [1.82, 2.24) is 0 Å². The van der Waals surface area contributed by atoms with Gasteiger partial charge in [-0.05, 0) is 61.5 Å². The van der Waals surface area contributed by atoms with E-state index in [0.717, 1.165) is 6.07 Å². The normalized spacial score (nSPS) is 12.1. The number of anilines is 2.